The van der Waals surface area contributed by atoms with E-state index < -0.39 is 19.4 Å². The van der Waals surface area contributed by atoms with Gasteiger partial charge in [-0.1, -0.05) is 6.07 Å². The fourth-order valence-electron chi connectivity index (χ4n) is 1.33. The van der Waals surface area contributed by atoms with Crippen LogP contribution in [-0.2, 0) is 16.0 Å². The Morgan fingerprint density at radius 1 is 1.44 bits per heavy atom. The lowest BCUT2D eigenvalue weighted by Gasteiger charge is -2.08. The van der Waals surface area contributed by atoms with Crippen molar-refractivity contribution >= 4 is 13.1 Å². The summed E-state index contributed by atoms with van der Waals surface area (Å²) in [5.41, 5.74) is 0.698. The summed E-state index contributed by atoms with van der Waals surface area (Å²) in [5, 5.41) is 17.3. The van der Waals surface area contributed by atoms with Gasteiger partial charge in [0, 0.05) is 6.42 Å². The molecule has 0 heterocycles. The smallest absolute Gasteiger partial charge is 0.491 e. The lowest BCUT2D eigenvalue weighted by Crippen LogP contribution is -2.22. The van der Waals surface area contributed by atoms with Crippen molar-refractivity contribution in [1.82, 2.24) is 0 Å². The second-order valence-corrected chi connectivity index (χ2v) is 3.63. The average molecular weight is 256 g/mol. The summed E-state index contributed by atoms with van der Waals surface area (Å²) in [4.78, 5) is 11.0. The molecule has 98 valence electrons. The summed E-state index contributed by atoms with van der Waals surface area (Å²) in [6.45, 7) is -0.419. The standard InChI is InChI=1S/C11H14BFO5/c1-17-11(14)5-3-8-2-4-9(13)10(6-8)18-7-12(15)16/h2,4,6,15-16H,3,5,7H2,1H3. The summed E-state index contributed by atoms with van der Waals surface area (Å²) in [5.74, 6) is -1.03. The van der Waals surface area contributed by atoms with Gasteiger partial charge in [-0.25, -0.2) is 4.39 Å². The molecule has 0 unspecified atom stereocenters. The number of methoxy groups -OCH3 is 1. The van der Waals surface area contributed by atoms with Gasteiger partial charge in [-0.05, 0) is 24.1 Å². The zero-order chi connectivity index (χ0) is 13.5. The average Bonchev–Trinajstić information content (AvgIpc) is 2.35. The van der Waals surface area contributed by atoms with Crippen molar-refractivity contribution in [1.29, 1.82) is 0 Å². The first-order valence-electron chi connectivity index (χ1n) is 5.37. The summed E-state index contributed by atoms with van der Waals surface area (Å²) in [6, 6.07) is 4.15. The van der Waals surface area contributed by atoms with Crippen molar-refractivity contribution in [3.05, 3.63) is 29.6 Å². The van der Waals surface area contributed by atoms with E-state index in [1.807, 2.05) is 0 Å². The van der Waals surface area contributed by atoms with E-state index >= 15 is 0 Å². The maximum atomic E-state index is 13.3. The third-order valence-electron chi connectivity index (χ3n) is 2.23. The van der Waals surface area contributed by atoms with Crippen LogP contribution in [0.5, 0.6) is 5.75 Å². The van der Waals surface area contributed by atoms with Crippen molar-refractivity contribution in [2.45, 2.75) is 12.8 Å². The van der Waals surface area contributed by atoms with Crippen LogP contribution in [0.2, 0.25) is 0 Å². The summed E-state index contributed by atoms with van der Waals surface area (Å²) in [6.07, 6.45) is 0.579. The minimum atomic E-state index is -1.66. The number of benzene rings is 1. The fourth-order valence-corrected chi connectivity index (χ4v) is 1.33. The zero-order valence-corrected chi connectivity index (χ0v) is 9.93. The largest absolute Gasteiger partial charge is 0.493 e. The van der Waals surface area contributed by atoms with Crippen LogP contribution in [-0.4, -0.2) is 36.8 Å². The maximum absolute atomic E-state index is 13.3. The number of carbonyl (C=O) groups is 1. The van der Waals surface area contributed by atoms with Gasteiger partial charge in [0.2, 0.25) is 0 Å². The van der Waals surface area contributed by atoms with Gasteiger partial charge < -0.3 is 19.5 Å². The molecule has 0 fully saturated rings. The van der Waals surface area contributed by atoms with E-state index in [0.717, 1.165) is 0 Å². The van der Waals surface area contributed by atoms with Crippen LogP contribution < -0.4 is 4.74 Å². The van der Waals surface area contributed by atoms with Gasteiger partial charge in [-0.2, -0.15) is 0 Å². The Balaban J connectivity index is 2.65. The van der Waals surface area contributed by atoms with Crippen LogP contribution in [0.1, 0.15) is 12.0 Å². The monoisotopic (exact) mass is 256 g/mol. The lowest BCUT2D eigenvalue weighted by molar-refractivity contribution is -0.140. The predicted octanol–water partition coefficient (Wildman–Crippen LogP) is 0.322. The predicted molar refractivity (Wildman–Crippen MR) is 62.4 cm³/mol. The van der Waals surface area contributed by atoms with E-state index in [1.165, 1.54) is 25.3 Å². The minimum absolute atomic E-state index is 0.0783. The molecule has 5 nitrogen and oxygen atoms in total. The Hall–Kier alpha value is -1.60. The van der Waals surface area contributed by atoms with Crippen LogP contribution in [0, 0.1) is 5.82 Å². The molecule has 0 spiro atoms. The molecule has 2 N–H and O–H groups in total. The fraction of sp³-hybridized carbons (Fsp3) is 0.364. The molecule has 0 aliphatic heterocycles. The third kappa shape index (κ3) is 4.73. The van der Waals surface area contributed by atoms with Crippen LogP contribution in [0.15, 0.2) is 18.2 Å². The molecule has 0 aliphatic carbocycles. The van der Waals surface area contributed by atoms with E-state index in [2.05, 4.69) is 4.74 Å². The van der Waals surface area contributed by atoms with E-state index in [1.54, 1.807) is 0 Å². The molecule has 0 radical (unpaired) electrons. The number of ether oxygens (including phenoxy) is 2. The van der Waals surface area contributed by atoms with Gasteiger partial charge in [0.1, 0.15) is 6.51 Å². The molecule has 0 aliphatic rings. The Labute approximate surface area is 104 Å². The van der Waals surface area contributed by atoms with Crippen LogP contribution in [0.3, 0.4) is 0 Å². The van der Waals surface area contributed by atoms with E-state index in [9.17, 15) is 9.18 Å². The molecular formula is C11H14BFO5. The number of hydrogen-bond donors (Lipinski definition) is 2. The number of rotatable bonds is 6. The van der Waals surface area contributed by atoms with E-state index in [-0.39, 0.29) is 18.1 Å². The second kappa shape index (κ2) is 6.98. The molecule has 0 bridgehead atoms. The summed E-state index contributed by atoms with van der Waals surface area (Å²) >= 11 is 0. The van der Waals surface area contributed by atoms with Crippen molar-refractivity contribution in [3.63, 3.8) is 0 Å². The zero-order valence-electron chi connectivity index (χ0n) is 9.93. The highest BCUT2D eigenvalue weighted by Gasteiger charge is 2.11. The molecular weight excluding hydrogens is 242 g/mol. The number of aryl methyl sites for hydroxylation is 1. The highest BCUT2D eigenvalue weighted by Crippen LogP contribution is 2.19. The normalized spacial score (nSPS) is 10.0. The van der Waals surface area contributed by atoms with Crippen molar-refractivity contribution in [3.8, 4) is 5.75 Å². The maximum Gasteiger partial charge on any atom is 0.491 e. The van der Waals surface area contributed by atoms with Crippen molar-refractivity contribution in [2.24, 2.45) is 0 Å². The van der Waals surface area contributed by atoms with Crippen LogP contribution in [0.25, 0.3) is 0 Å². The van der Waals surface area contributed by atoms with Crippen molar-refractivity contribution < 1.29 is 28.7 Å². The molecule has 0 amide bonds. The lowest BCUT2D eigenvalue weighted by atomic mass is 9.95. The molecule has 0 saturated carbocycles. The second-order valence-electron chi connectivity index (χ2n) is 3.63. The van der Waals surface area contributed by atoms with Gasteiger partial charge in [0.15, 0.2) is 11.6 Å². The highest BCUT2D eigenvalue weighted by atomic mass is 19.1. The first-order chi connectivity index (χ1) is 8.52. The number of carbonyl (C=O) groups excluding carboxylic acids is 1. The van der Waals surface area contributed by atoms with Gasteiger partial charge in [-0.15, -0.1) is 0 Å². The quantitative estimate of drug-likeness (QED) is 0.566. The Bertz CT molecular complexity index is 410. The van der Waals surface area contributed by atoms with Gasteiger partial charge in [0.05, 0.1) is 7.11 Å². The van der Waals surface area contributed by atoms with Gasteiger partial charge in [0.25, 0.3) is 0 Å². The van der Waals surface area contributed by atoms with Crippen LogP contribution >= 0.6 is 0 Å². The van der Waals surface area contributed by atoms with Crippen LogP contribution in [0.4, 0.5) is 4.39 Å². The number of esters is 1. The first-order valence-corrected chi connectivity index (χ1v) is 5.37. The number of halogens is 1. The molecule has 0 saturated heterocycles. The third-order valence-corrected chi connectivity index (χ3v) is 2.23. The highest BCUT2D eigenvalue weighted by molar-refractivity contribution is 6.40. The summed E-state index contributed by atoms with van der Waals surface area (Å²) in [7, 11) is -0.368. The summed E-state index contributed by atoms with van der Waals surface area (Å²) < 4.78 is 22.7. The SMILES string of the molecule is COC(=O)CCc1ccc(F)c(OCB(O)O)c1. The Morgan fingerprint density at radius 3 is 2.78 bits per heavy atom. The number of hydrogen-bond acceptors (Lipinski definition) is 5. The van der Waals surface area contributed by atoms with Gasteiger partial charge >= 0.3 is 13.1 Å². The molecule has 7 heteroatoms. The van der Waals surface area contributed by atoms with Crippen molar-refractivity contribution in [2.75, 3.05) is 13.6 Å². The van der Waals surface area contributed by atoms with E-state index in [4.69, 9.17) is 14.8 Å². The molecule has 0 aromatic heterocycles. The first kappa shape index (κ1) is 14.5. The molecule has 1 aromatic carbocycles. The Morgan fingerprint density at radius 2 is 2.17 bits per heavy atom. The topological polar surface area (TPSA) is 76.0 Å². The van der Waals surface area contributed by atoms with Gasteiger partial charge in [-0.3, -0.25) is 4.79 Å². The molecule has 1 rings (SSSR count). The molecule has 1 aromatic rings. The molecule has 18 heavy (non-hydrogen) atoms. The minimum Gasteiger partial charge on any atom is -0.493 e. The Kier molecular flexibility index (Phi) is 5.61. The molecule has 0 atom stereocenters. The van der Waals surface area contributed by atoms with E-state index in [0.29, 0.717) is 12.0 Å².